The number of phenolic OH excluding ortho intramolecular Hbond substituents is 1. The van der Waals surface area contributed by atoms with Crippen LogP contribution in [0.25, 0.3) is 11.3 Å². The Morgan fingerprint density at radius 3 is 2.88 bits per heavy atom. The lowest BCUT2D eigenvalue weighted by Crippen LogP contribution is -2.17. The van der Waals surface area contributed by atoms with E-state index in [0.717, 1.165) is 11.3 Å². The minimum atomic E-state index is -0.674. The molecule has 25 heavy (non-hydrogen) atoms. The van der Waals surface area contributed by atoms with Gasteiger partial charge in [-0.05, 0) is 30.5 Å². The summed E-state index contributed by atoms with van der Waals surface area (Å²) < 4.78 is 6.05. The van der Waals surface area contributed by atoms with E-state index in [-0.39, 0.29) is 5.75 Å². The molecule has 0 amide bonds. The van der Waals surface area contributed by atoms with E-state index in [0.29, 0.717) is 27.3 Å². The number of halogens is 1. The van der Waals surface area contributed by atoms with Crippen LogP contribution >= 0.6 is 23.4 Å². The number of benzene rings is 2. The average Bonchev–Trinajstić information content (AvgIpc) is 2.79. The van der Waals surface area contributed by atoms with Crippen LogP contribution in [0, 0.1) is 0 Å². The molecule has 0 radical (unpaired) electrons. The quantitative estimate of drug-likeness (QED) is 0.655. The first kappa shape index (κ1) is 16.0. The minimum absolute atomic E-state index is 0.0786. The Morgan fingerprint density at radius 1 is 1.20 bits per heavy atom. The first-order valence-electron chi connectivity index (χ1n) is 7.45. The number of fused-ring (bicyclic) bond motifs is 3. The highest BCUT2D eigenvalue weighted by Gasteiger charge is 2.27. The van der Waals surface area contributed by atoms with Gasteiger partial charge in [-0.1, -0.05) is 41.6 Å². The Hall–Kier alpha value is -2.51. The number of ether oxygens (including phenoxy) is 1. The summed E-state index contributed by atoms with van der Waals surface area (Å²) >= 11 is 7.47. The zero-order valence-electron chi connectivity index (χ0n) is 13.1. The molecule has 1 atom stereocenters. The molecule has 0 spiro atoms. The molecule has 8 heteroatoms. The van der Waals surface area contributed by atoms with E-state index in [1.165, 1.54) is 17.8 Å². The topological polar surface area (TPSA) is 80.2 Å². The van der Waals surface area contributed by atoms with E-state index >= 15 is 0 Å². The Morgan fingerprint density at radius 2 is 2.04 bits per heavy atom. The summed E-state index contributed by atoms with van der Waals surface area (Å²) in [5.41, 5.74) is 2.69. The van der Waals surface area contributed by atoms with Gasteiger partial charge in [0.2, 0.25) is 17.3 Å². The van der Waals surface area contributed by atoms with Gasteiger partial charge < -0.3 is 15.2 Å². The van der Waals surface area contributed by atoms with Crippen LogP contribution in [0.4, 0.5) is 5.69 Å². The maximum atomic E-state index is 10.2. The van der Waals surface area contributed by atoms with Gasteiger partial charge in [-0.2, -0.15) is 4.98 Å². The predicted octanol–water partition coefficient (Wildman–Crippen LogP) is 4.12. The van der Waals surface area contributed by atoms with Crippen LogP contribution < -0.4 is 10.1 Å². The van der Waals surface area contributed by atoms with E-state index in [4.69, 9.17) is 16.3 Å². The van der Waals surface area contributed by atoms with Crippen LogP contribution in [0.5, 0.6) is 11.6 Å². The molecule has 0 saturated carbocycles. The predicted molar refractivity (Wildman–Crippen MR) is 97.2 cm³/mol. The maximum Gasteiger partial charge on any atom is 0.247 e. The molecule has 2 heterocycles. The van der Waals surface area contributed by atoms with Crippen molar-refractivity contribution in [2.45, 2.75) is 11.4 Å². The van der Waals surface area contributed by atoms with Gasteiger partial charge in [-0.3, -0.25) is 0 Å². The van der Waals surface area contributed by atoms with Crippen molar-refractivity contribution < 1.29 is 9.84 Å². The van der Waals surface area contributed by atoms with Crippen molar-refractivity contribution in [3.8, 4) is 22.9 Å². The molecule has 2 N–H and O–H groups in total. The van der Waals surface area contributed by atoms with Gasteiger partial charge in [0.05, 0.1) is 5.56 Å². The smallest absolute Gasteiger partial charge is 0.247 e. The standard InChI is InChI=1S/C17H13ClN4O2S/c1-25-17-20-16-14(21-22-17)10-4-2-3-5-12(10)19-15(24-16)11-8-9(18)6-7-13(11)23/h2-8,15,19,23H,1H3/t15-/m1/s1. The molecule has 0 bridgehead atoms. The maximum absolute atomic E-state index is 10.2. The minimum Gasteiger partial charge on any atom is -0.507 e. The molecule has 6 nitrogen and oxygen atoms in total. The summed E-state index contributed by atoms with van der Waals surface area (Å²) in [7, 11) is 0. The van der Waals surface area contributed by atoms with Crippen molar-refractivity contribution in [1.82, 2.24) is 15.2 Å². The third-order valence-corrected chi connectivity index (χ3v) is 4.56. The van der Waals surface area contributed by atoms with E-state index < -0.39 is 6.23 Å². The Balaban J connectivity index is 1.89. The highest BCUT2D eigenvalue weighted by molar-refractivity contribution is 7.98. The third-order valence-electron chi connectivity index (χ3n) is 3.79. The number of phenols is 1. The van der Waals surface area contributed by atoms with Crippen molar-refractivity contribution >= 4 is 29.1 Å². The number of rotatable bonds is 2. The van der Waals surface area contributed by atoms with Crippen LogP contribution in [-0.2, 0) is 0 Å². The largest absolute Gasteiger partial charge is 0.507 e. The Labute approximate surface area is 153 Å². The number of hydrogen-bond donors (Lipinski definition) is 2. The molecule has 4 rings (SSSR count). The van der Waals surface area contributed by atoms with E-state index in [1.54, 1.807) is 12.1 Å². The fourth-order valence-electron chi connectivity index (χ4n) is 2.61. The highest BCUT2D eigenvalue weighted by Crippen LogP contribution is 2.41. The molecule has 0 unspecified atom stereocenters. The monoisotopic (exact) mass is 372 g/mol. The van der Waals surface area contributed by atoms with E-state index in [2.05, 4.69) is 20.5 Å². The van der Waals surface area contributed by atoms with Gasteiger partial charge in [-0.25, -0.2) is 0 Å². The summed E-state index contributed by atoms with van der Waals surface area (Å²) in [4.78, 5) is 4.43. The van der Waals surface area contributed by atoms with Crippen molar-refractivity contribution in [3.63, 3.8) is 0 Å². The van der Waals surface area contributed by atoms with E-state index in [1.807, 2.05) is 30.5 Å². The fraction of sp³-hybridized carbons (Fsp3) is 0.118. The van der Waals surface area contributed by atoms with Gasteiger partial charge in [0.1, 0.15) is 5.75 Å². The van der Waals surface area contributed by atoms with Gasteiger partial charge in [0, 0.05) is 16.3 Å². The van der Waals surface area contributed by atoms with Gasteiger partial charge in [0.15, 0.2) is 5.69 Å². The van der Waals surface area contributed by atoms with Gasteiger partial charge >= 0.3 is 0 Å². The van der Waals surface area contributed by atoms with E-state index in [9.17, 15) is 5.11 Å². The lowest BCUT2D eigenvalue weighted by Gasteiger charge is -2.20. The molecule has 3 aromatic rings. The Kier molecular flexibility index (Phi) is 4.10. The molecular weight excluding hydrogens is 360 g/mol. The molecule has 1 aliphatic rings. The summed E-state index contributed by atoms with van der Waals surface area (Å²) in [6.45, 7) is 0. The van der Waals surface area contributed by atoms with Crippen molar-refractivity contribution in [1.29, 1.82) is 0 Å². The first-order chi connectivity index (χ1) is 12.2. The van der Waals surface area contributed by atoms with Crippen LogP contribution in [0.3, 0.4) is 0 Å². The number of thioether (sulfide) groups is 1. The average molecular weight is 373 g/mol. The lowest BCUT2D eigenvalue weighted by molar-refractivity contribution is 0.220. The van der Waals surface area contributed by atoms with Crippen molar-refractivity contribution in [2.24, 2.45) is 0 Å². The number of para-hydroxylation sites is 1. The molecular formula is C17H13ClN4O2S. The van der Waals surface area contributed by atoms with Crippen LogP contribution in [0.15, 0.2) is 47.6 Å². The Bertz CT molecular complexity index is 954. The van der Waals surface area contributed by atoms with Crippen LogP contribution in [-0.4, -0.2) is 26.5 Å². The molecule has 2 aromatic carbocycles. The van der Waals surface area contributed by atoms with Gasteiger partial charge in [-0.15, -0.1) is 10.2 Å². The molecule has 1 aliphatic heterocycles. The first-order valence-corrected chi connectivity index (χ1v) is 9.05. The van der Waals surface area contributed by atoms with Crippen molar-refractivity contribution in [3.05, 3.63) is 53.1 Å². The summed E-state index contributed by atoms with van der Waals surface area (Å²) in [6.07, 6.45) is 1.19. The number of aromatic hydroxyl groups is 1. The summed E-state index contributed by atoms with van der Waals surface area (Å²) in [5, 5.41) is 22.9. The highest BCUT2D eigenvalue weighted by atomic mass is 35.5. The molecule has 0 fully saturated rings. The zero-order chi connectivity index (χ0) is 17.4. The van der Waals surface area contributed by atoms with Crippen LogP contribution in [0.2, 0.25) is 5.02 Å². The normalized spacial score (nSPS) is 15.4. The van der Waals surface area contributed by atoms with Crippen molar-refractivity contribution in [2.75, 3.05) is 11.6 Å². The number of nitrogens with one attached hydrogen (secondary N) is 1. The number of hydrogen-bond acceptors (Lipinski definition) is 7. The molecule has 126 valence electrons. The number of anilines is 1. The molecule has 0 saturated heterocycles. The zero-order valence-corrected chi connectivity index (χ0v) is 14.7. The molecule has 1 aromatic heterocycles. The van der Waals surface area contributed by atoms with Gasteiger partial charge in [0.25, 0.3) is 0 Å². The third kappa shape index (κ3) is 2.96. The second kappa shape index (κ2) is 6.42. The SMILES string of the molecule is CSc1nnc2c(n1)O[C@H](c1cc(Cl)ccc1O)Nc1ccccc1-2. The lowest BCUT2D eigenvalue weighted by atomic mass is 10.1. The number of nitrogens with zero attached hydrogens (tertiary/aromatic N) is 3. The summed E-state index contributed by atoms with van der Waals surface area (Å²) in [5.74, 6) is 0.427. The second-order valence-corrected chi connectivity index (χ2v) is 6.55. The second-order valence-electron chi connectivity index (χ2n) is 5.34. The fourth-order valence-corrected chi connectivity index (χ4v) is 3.09. The summed E-state index contributed by atoms with van der Waals surface area (Å²) in [6, 6.07) is 12.5. The molecule has 0 aliphatic carbocycles. The van der Waals surface area contributed by atoms with Crippen LogP contribution in [0.1, 0.15) is 11.8 Å². The number of aromatic nitrogens is 3.